The summed E-state index contributed by atoms with van der Waals surface area (Å²) in [5.41, 5.74) is 2.56. The van der Waals surface area contributed by atoms with Gasteiger partial charge in [-0.25, -0.2) is 14.8 Å². The zero-order chi connectivity index (χ0) is 31.3. The van der Waals surface area contributed by atoms with Crippen molar-refractivity contribution in [2.75, 3.05) is 25.0 Å². The minimum Gasteiger partial charge on any atom is -0.363 e. The summed E-state index contributed by atoms with van der Waals surface area (Å²) in [6.45, 7) is 6.08. The predicted molar refractivity (Wildman–Crippen MR) is 175 cm³/mol. The zero-order valence-corrected chi connectivity index (χ0v) is 26.7. The Kier molecular flexibility index (Phi) is 12.7. The van der Waals surface area contributed by atoms with Crippen molar-refractivity contribution < 1.29 is 14.4 Å². The van der Waals surface area contributed by atoms with Crippen molar-refractivity contribution >= 4 is 41.0 Å². The highest BCUT2D eigenvalue weighted by Crippen LogP contribution is 2.22. The molecule has 1 aliphatic heterocycles. The third-order valence-electron chi connectivity index (χ3n) is 8.36. The van der Waals surface area contributed by atoms with Crippen LogP contribution in [-0.4, -0.2) is 75.6 Å². The molecular weight excluding hydrogens is 576 g/mol. The van der Waals surface area contributed by atoms with E-state index in [4.69, 9.17) is 12.2 Å². The molecule has 0 radical (unpaired) electrons. The molecule has 1 aliphatic carbocycles. The summed E-state index contributed by atoms with van der Waals surface area (Å²) < 4.78 is 0. The number of anilines is 1. The summed E-state index contributed by atoms with van der Waals surface area (Å²) in [5.74, 6) is -0.172. The number of amides is 4. The molecule has 44 heavy (non-hydrogen) atoms. The van der Waals surface area contributed by atoms with Gasteiger partial charge in [0.1, 0.15) is 0 Å². The molecule has 0 atom stereocenters. The number of hydrogen-bond acceptors (Lipinski definition) is 6. The summed E-state index contributed by atoms with van der Waals surface area (Å²) >= 11 is 5.34. The van der Waals surface area contributed by atoms with Crippen molar-refractivity contribution in [1.29, 1.82) is 0 Å². The molecule has 2 heterocycles. The molecule has 4 amide bonds. The summed E-state index contributed by atoms with van der Waals surface area (Å²) in [7, 11) is 0. The molecule has 1 aromatic heterocycles. The monoisotopic (exact) mass is 622 g/mol. The molecule has 0 spiro atoms. The van der Waals surface area contributed by atoms with E-state index in [0.717, 1.165) is 51.5 Å². The number of thiocarbonyl (C=S) groups is 1. The lowest BCUT2D eigenvalue weighted by atomic mass is 10.0. The van der Waals surface area contributed by atoms with Gasteiger partial charge < -0.3 is 26.2 Å². The molecule has 5 N–H and O–H groups in total. The predicted octanol–water partition coefficient (Wildman–Crippen LogP) is 3.70. The van der Waals surface area contributed by atoms with Gasteiger partial charge in [0.15, 0.2) is 16.6 Å². The van der Waals surface area contributed by atoms with E-state index in [-0.39, 0.29) is 41.4 Å². The van der Waals surface area contributed by atoms with Crippen molar-refractivity contribution in [3.05, 3.63) is 53.5 Å². The lowest BCUT2D eigenvalue weighted by molar-refractivity contribution is -0.122. The number of unbranched alkanes of at least 4 members (excludes halogenated alkanes) is 2. The van der Waals surface area contributed by atoms with Crippen molar-refractivity contribution in [1.82, 2.24) is 36.1 Å². The number of rotatable bonds is 13. The van der Waals surface area contributed by atoms with Crippen LogP contribution in [0.25, 0.3) is 0 Å². The van der Waals surface area contributed by atoms with Crippen LogP contribution in [0.2, 0.25) is 0 Å². The van der Waals surface area contributed by atoms with Gasteiger partial charge in [0.25, 0.3) is 5.91 Å². The molecule has 1 fully saturated rings. The normalized spacial score (nSPS) is 15.0. The number of nitrogens with one attached hydrogen (secondary N) is 5. The third kappa shape index (κ3) is 9.87. The van der Waals surface area contributed by atoms with Crippen molar-refractivity contribution in [2.24, 2.45) is 0 Å². The highest BCUT2D eigenvalue weighted by atomic mass is 32.1. The number of urea groups is 1. The minimum atomic E-state index is -0.360. The molecule has 2 aromatic rings. The van der Waals surface area contributed by atoms with Gasteiger partial charge in [-0.05, 0) is 74.7 Å². The Hall–Kier alpha value is -3.80. The Morgan fingerprint density at radius 2 is 1.61 bits per heavy atom. The van der Waals surface area contributed by atoms with Crippen LogP contribution >= 0.6 is 12.2 Å². The number of likely N-dealkylation sites (tertiary alicyclic amines) is 1. The van der Waals surface area contributed by atoms with Crippen LogP contribution in [0.15, 0.2) is 36.7 Å². The summed E-state index contributed by atoms with van der Waals surface area (Å²) in [6, 6.07) is 8.25. The highest BCUT2D eigenvalue weighted by Gasteiger charge is 2.27. The summed E-state index contributed by atoms with van der Waals surface area (Å²) in [5, 5.41) is 16.2. The molecule has 4 rings (SSSR count). The van der Waals surface area contributed by atoms with Gasteiger partial charge in [0.2, 0.25) is 5.91 Å². The van der Waals surface area contributed by atoms with Gasteiger partial charge in [-0.3, -0.25) is 14.9 Å². The smallest absolute Gasteiger partial charge is 0.323 e. The molecule has 11 nitrogen and oxygen atoms in total. The van der Waals surface area contributed by atoms with Crippen LogP contribution in [0.3, 0.4) is 0 Å². The van der Waals surface area contributed by atoms with Gasteiger partial charge in [0, 0.05) is 56.6 Å². The number of carbonyl (C=O) groups excluding carboxylic acids is 3. The van der Waals surface area contributed by atoms with Crippen LogP contribution in [0, 0.1) is 0 Å². The second kappa shape index (κ2) is 16.9. The Balaban J connectivity index is 1.12. The van der Waals surface area contributed by atoms with Crippen molar-refractivity contribution in [3.63, 3.8) is 0 Å². The first-order valence-corrected chi connectivity index (χ1v) is 16.3. The Morgan fingerprint density at radius 1 is 0.932 bits per heavy atom. The average Bonchev–Trinajstić information content (AvgIpc) is 3.44. The Bertz CT molecular complexity index is 1250. The maximum atomic E-state index is 13.1. The first-order chi connectivity index (χ1) is 21.4. The number of hydrogen-bond donors (Lipinski definition) is 5. The van der Waals surface area contributed by atoms with Crippen LogP contribution in [0.4, 0.5) is 10.6 Å². The van der Waals surface area contributed by atoms with E-state index in [9.17, 15) is 14.4 Å². The number of fused-ring (bicyclic) bond motifs is 1. The fourth-order valence-electron chi connectivity index (χ4n) is 5.74. The maximum absolute atomic E-state index is 13.1. The zero-order valence-electron chi connectivity index (χ0n) is 25.9. The first-order valence-electron chi connectivity index (χ1n) is 15.9. The van der Waals surface area contributed by atoms with Crippen LogP contribution < -0.4 is 26.6 Å². The fourth-order valence-corrected chi connectivity index (χ4v) is 6.00. The summed E-state index contributed by atoms with van der Waals surface area (Å²) in [6.07, 6.45) is 11.1. The number of nitrogens with zero attached hydrogens (tertiary/aromatic N) is 3. The van der Waals surface area contributed by atoms with E-state index in [2.05, 4.69) is 62.5 Å². The summed E-state index contributed by atoms with van der Waals surface area (Å²) in [4.78, 5) is 48.7. The molecule has 1 saturated heterocycles. The number of benzene rings is 1. The fraction of sp³-hybridized carbons (Fsp3) is 0.562. The van der Waals surface area contributed by atoms with Gasteiger partial charge >= 0.3 is 6.03 Å². The van der Waals surface area contributed by atoms with Gasteiger partial charge in [-0.15, -0.1) is 0 Å². The molecule has 12 heteroatoms. The number of aromatic nitrogens is 2. The second-order valence-electron chi connectivity index (χ2n) is 11.6. The quantitative estimate of drug-likeness (QED) is 0.168. The van der Waals surface area contributed by atoms with Crippen molar-refractivity contribution in [3.8, 4) is 0 Å². The molecule has 1 aromatic carbocycles. The number of piperidine rings is 1. The van der Waals surface area contributed by atoms with E-state index in [0.29, 0.717) is 43.5 Å². The lowest BCUT2D eigenvalue weighted by Crippen LogP contribution is -2.48. The van der Waals surface area contributed by atoms with E-state index in [1.165, 1.54) is 23.5 Å². The third-order valence-corrected chi connectivity index (χ3v) is 8.62. The minimum absolute atomic E-state index is 0.0257. The molecule has 2 aliphatic rings. The van der Waals surface area contributed by atoms with E-state index in [1.807, 2.05) is 12.1 Å². The van der Waals surface area contributed by atoms with Gasteiger partial charge in [0.05, 0.1) is 0 Å². The molecule has 0 bridgehead atoms. The standard InChI is InChI=1S/C32H46N8O3S/c1-3-24(4-2)38-31(44)35-15-9-5-6-12-27(41)36-25-13-18-40(19-14-25)32(43)39-29-28(33-16-17-34-29)30(42)37-26-20-22-10-7-8-11-23(22)21-26/h7-8,10-11,16-17,24-26H,3-6,9,12-15,18-21H2,1-2H3,(H,36,41)(H,37,42)(H,34,39,43)(H2,35,38,44). The molecule has 238 valence electrons. The topological polar surface area (TPSA) is 140 Å². The van der Waals surface area contributed by atoms with Crippen LogP contribution in [0.1, 0.15) is 86.8 Å². The lowest BCUT2D eigenvalue weighted by Gasteiger charge is -2.32. The van der Waals surface area contributed by atoms with E-state index >= 15 is 0 Å². The molecule has 0 unspecified atom stereocenters. The Labute approximate surface area is 265 Å². The second-order valence-corrected chi connectivity index (χ2v) is 12.0. The maximum Gasteiger partial charge on any atom is 0.323 e. The molecular formula is C32H46N8O3S. The first kappa shape index (κ1) is 33.1. The molecule has 0 saturated carbocycles. The van der Waals surface area contributed by atoms with E-state index in [1.54, 1.807) is 4.90 Å². The van der Waals surface area contributed by atoms with Gasteiger partial charge in [-0.2, -0.15) is 0 Å². The average molecular weight is 623 g/mol. The van der Waals surface area contributed by atoms with Gasteiger partial charge in [-0.1, -0.05) is 44.5 Å². The SMILES string of the molecule is CCC(CC)NC(=S)NCCCCCC(=O)NC1CCN(C(=O)Nc2nccnc2C(=O)NC2Cc3ccccc3C2)CC1. The van der Waals surface area contributed by atoms with Crippen molar-refractivity contribution in [2.45, 2.75) is 96.2 Å². The van der Waals surface area contributed by atoms with Crippen LogP contribution in [0.5, 0.6) is 0 Å². The van der Waals surface area contributed by atoms with E-state index < -0.39 is 0 Å². The van der Waals surface area contributed by atoms with Crippen LogP contribution in [-0.2, 0) is 17.6 Å². The highest BCUT2D eigenvalue weighted by molar-refractivity contribution is 7.80. The largest absolute Gasteiger partial charge is 0.363 e. The Morgan fingerprint density at radius 3 is 2.30 bits per heavy atom. The number of carbonyl (C=O) groups is 3.